The van der Waals surface area contributed by atoms with Gasteiger partial charge < -0.3 is 9.05 Å². The van der Waals surface area contributed by atoms with Crippen LogP contribution in [0, 0.1) is 6.92 Å². The van der Waals surface area contributed by atoms with Gasteiger partial charge in [0.15, 0.2) is 0 Å². The Morgan fingerprint density at radius 2 is 1.26 bits per heavy atom. The number of fused-ring (bicyclic) bond motifs is 2. The zero-order chi connectivity index (χ0) is 24.7. The van der Waals surface area contributed by atoms with Crippen LogP contribution in [-0.2, 0) is 13.1 Å². The van der Waals surface area contributed by atoms with Gasteiger partial charge in [-0.1, -0.05) is 58.8 Å². The van der Waals surface area contributed by atoms with Gasteiger partial charge in [0.25, 0.3) is 5.56 Å². The van der Waals surface area contributed by atoms with Gasteiger partial charge in [-0.3, -0.25) is 9.36 Å². The van der Waals surface area contributed by atoms with E-state index in [9.17, 15) is 9.59 Å². The van der Waals surface area contributed by atoms with Crippen molar-refractivity contribution in [2.45, 2.75) is 137 Å². The van der Waals surface area contributed by atoms with Crippen LogP contribution in [0.5, 0.6) is 0 Å². The topological polar surface area (TPSA) is 44.0 Å². The largest absolute Gasteiger partial charge is 0.330 e. The molecule has 0 fully saturated rings. The third-order valence-electron chi connectivity index (χ3n) is 7.93. The lowest BCUT2D eigenvalue weighted by Gasteiger charge is -2.39. The molecule has 0 amide bonds. The molecule has 0 saturated heterocycles. The van der Waals surface area contributed by atoms with E-state index in [4.69, 9.17) is 0 Å². The lowest BCUT2D eigenvalue weighted by molar-refractivity contribution is -0.929. The van der Waals surface area contributed by atoms with E-state index in [2.05, 4.69) is 13.8 Å². The molecular weight excluding hydrogens is 422 g/mol. The van der Waals surface area contributed by atoms with Crippen molar-refractivity contribution in [3.8, 4) is 0 Å². The number of rotatable bonds is 12. The van der Waals surface area contributed by atoms with Crippen LogP contribution in [0.4, 0.5) is 0 Å². The third kappa shape index (κ3) is 9.71. The summed E-state index contributed by atoms with van der Waals surface area (Å²) in [4.78, 5) is 25.4. The lowest BCUT2D eigenvalue weighted by atomic mass is 10.1. The molecule has 196 valence electrons. The summed E-state index contributed by atoms with van der Waals surface area (Å²) < 4.78 is 4.57. The molecule has 2 heterocycles. The molecule has 1 unspecified atom stereocenters. The summed E-state index contributed by atoms with van der Waals surface area (Å²) in [6.07, 6.45) is 22.1. The Hall–Kier alpha value is -1.36. The van der Waals surface area contributed by atoms with Gasteiger partial charge in [0, 0.05) is 24.8 Å². The Balaban J connectivity index is 1.97. The number of aromatic nitrogens is 2. The Morgan fingerprint density at radius 1 is 0.706 bits per heavy atom. The summed E-state index contributed by atoms with van der Waals surface area (Å²) in [7, 11) is 0. The molecule has 0 N–H and O–H groups in total. The molecule has 1 aromatic rings. The van der Waals surface area contributed by atoms with Crippen molar-refractivity contribution in [2.75, 3.05) is 26.2 Å². The highest BCUT2D eigenvalue weighted by Crippen LogP contribution is 2.19. The summed E-state index contributed by atoms with van der Waals surface area (Å²) >= 11 is 0. The fourth-order valence-electron chi connectivity index (χ4n) is 5.70. The predicted octanol–water partition coefficient (Wildman–Crippen LogP) is 6.43. The summed E-state index contributed by atoms with van der Waals surface area (Å²) in [6.45, 7) is 13.0. The molecule has 1 aliphatic rings. The quantitative estimate of drug-likeness (QED) is 0.258. The van der Waals surface area contributed by atoms with E-state index < -0.39 is 0 Å². The zero-order valence-corrected chi connectivity index (χ0v) is 22.8. The van der Waals surface area contributed by atoms with Crippen molar-refractivity contribution in [3.05, 3.63) is 32.6 Å². The van der Waals surface area contributed by atoms with Gasteiger partial charge in [0.05, 0.1) is 26.2 Å². The first-order valence-corrected chi connectivity index (χ1v) is 14.7. The molecule has 2 rings (SSSR count). The minimum atomic E-state index is -0.115. The van der Waals surface area contributed by atoms with Crippen molar-refractivity contribution in [3.63, 3.8) is 0 Å². The van der Waals surface area contributed by atoms with Gasteiger partial charge in [0.1, 0.15) is 0 Å². The standard InChI is InChI=1S/C29H54N3O2/c1-4-6-8-9-10-11-12-17-23-32(22-7-5-2)24-18-13-15-20-30-26-27(3)28(33)31(29(30)34)21-16-14-19-25-32/h26H,4-25H2,1-3H3/q+1. The molecule has 0 aromatic carbocycles. The van der Waals surface area contributed by atoms with Crippen LogP contribution in [0.15, 0.2) is 15.8 Å². The van der Waals surface area contributed by atoms with Crippen molar-refractivity contribution in [2.24, 2.45) is 0 Å². The first kappa shape index (κ1) is 28.9. The van der Waals surface area contributed by atoms with E-state index in [1.165, 1.54) is 112 Å². The highest BCUT2D eigenvalue weighted by molar-refractivity contribution is 5.02. The Bertz CT molecular complexity index is 798. The van der Waals surface area contributed by atoms with Gasteiger partial charge in [0.2, 0.25) is 0 Å². The summed E-state index contributed by atoms with van der Waals surface area (Å²) in [5.41, 5.74) is 0.471. The average Bonchev–Trinajstić information content (AvgIpc) is 2.83. The maximum Gasteiger partial charge on any atom is 0.330 e. The van der Waals surface area contributed by atoms with Crippen molar-refractivity contribution < 1.29 is 4.48 Å². The second-order valence-corrected chi connectivity index (χ2v) is 10.9. The minimum absolute atomic E-state index is 0.101. The summed E-state index contributed by atoms with van der Waals surface area (Å²) in [5, 5.41) is 0. The number of aryl methyl sites for hydroxylation is 2. The molecular formula is C29H54N3O2+. The first-order valence-electron chi connectivity index (χ1n) is 14.7. The number of hydrogen-bond donors (Lipinski definition) is 0. The maximum atomic E-state index is 12.8. The second-order valence-electron chi connectivity index (χ2n) is 10.9. The van der Waals surface area contributed by atoms with E-state index in [-0.39, 0.29) is 11.2 Å². The molecule has 0 saturated carbocycles. The molecule has 0 spiro atoms. The normalized spacial score (nSPS) is 20.2. The van der Waals surface area contributed by atoms with E-state index in [0.717, 1.165) is 32.2 Å². The lowest BCUT2D eigenvalue weighted by Crippen LogP contribution is -2.51. The molecule has 2 bridgehead atoms. The van der Waals surface area contributed by atoms with Gasteiger partial charge >= 0.3 is 5.69 Å². The van der Waals surface area contributed by atoms with Crippen LogP contribution in [0.1, 0.15) is 122 Å². The second kappa shape index (κ2) is 16.3. The molecule has 1 aliphatic heterocycles. The molecule has 5 nitrogen and oxygen atoms in total. The smallest absolute Gasteiger partial charge is 0.324 e. The number of unbranched alkanes of at least 4 members (excludes halogenated alkanes) is 8. The van der Waals surface area contributed by atoms with Gasteiger partial charge in [-0.2, -0.15) is 0 Å². The summed E-state index contributed by atoms with van der Waals surface area (Å²) in [6, 6.07) is 0. The maximum absolute atomic E-state index is 12.8. The summed E-state index contributed by atoms with van der Waals surface area (Å²) in [5.74, 6) is 0. The first-order chi connectivity index (χ1) is 16.5. The third-order valence-corrected chi connectivity index (χ3v) is 7.93. The van der Waals surface area contributed by atoms with E-state index in [1.807, 2.05) is 6.92 Å². The SMILES string of the molecule is CCCCCCCCCC[N+]1(CCCC)CCCCCn2cc(C)c(=O)n(c2=O)CCCCC1. The number of nitrogens with zero attached hydrogens (tertiary/aromatic N) is 3. The minimum Gasteiger partial charge on any atom is -0.324 e. The Labute approximate surface area is 209 Å². The van der Waals surface area contributed by atoms with E-state index in [1.54, 1.807) is 10.8 Å². The predicted molar refractivity (Wildman–Crippen MR) is 145 cm³/mol. The van der Waals surface area contributed by atoms with Crippen molar-refractivity contribution in [1.29, 1.82) is 0 Å². The molecule has 1 atom stereocenters. The van der Waals surface area contributed by atoms with Crippen LogP contribution < -0.4 is 11.2 Å². The van der Waals surface area contributed by atoms with E-state index >= 15 is 0 Å². The molecule has 5 heteroatoms. The zero-order valence-electron chi connectivity index (χ0n) is 22.8. The fourth-order valence-corrected chi connectivity index (χ4v) is 5.70. The molecule has 1 aromatic heterocycles. The van der Waals surface area contributed by atoms with Crippen LogP contribution in [0.2, 0.25) is 0 Å². The van der Waals surface area contributed by atoms with E-state index in [0.29, 0.717) is 12.1 Å². The monoisotopic (exact) mass is 476 g/mol. The fraction of sp³-hybridized carbons (Fsp3) is 0.862. The van der Waals surface area contributed by atoms with Crippen LogP contribution in [0.3, 0.4) is 0 Å². The van der Waals surface area contributed by atoms with Gasteiger partial charge in [-0.15, -0.1) is 0 Å². The highest BCUT2D eigenvalue weighted by Gasteiger charge is 2.25. The van der Waals surface area contributed by atoms with Crippen molar-refractivity contribution >= 4 is 0 Å². The number of hydrogen-bond acceptors (Lipinski definition) is 2. The van der Waals surface area contributed by atoms with Crippen LogP contribution in [0.25, 0.3) is 0 Å². The van der Waals surface area contributed by atoms with Gasteiger partial charge in [-0.05, 0) is 64.7 Å². The van der Waals surface area contributed by atoms with Crippen LogP contribution in [-0.4, -0.2) is 39.8 Å². The van der Waals surface area contributed by atoms with Crippen molar-refractivity contribution in [1.82, 2.24) is 9.13 Å². The molecule has 0 aliphatic carbocycles. The Morgan fingerprint density at radius 3 is 1.91 bits per heavy atom. The van der Waals surface area contributed by atoms with Gasteiger partial charge in [-0.25, -0.2) is 4.79 Å². The van der Waals surface area contributed by atoms with Crippen LogP contribution >= 0.6 is 0 Å². The highest BCUT2D eigenvalue weighted by atomic mass is 16.2. The molecule has 0 radical (unpaired) electrons. The Kier molecular flexibility index (Phi) is 13.9. The average molecular weight is 477 g/mol. The number of quaternary nitrogens is 1. The molecule has 34 heavy (non-hydrogen) atoms.